The minimum Gasteiger partial charge on any atom is -0.368 e. The van der Waals surface area contributed by atoms with Gasteiger partial charge in [0, 0.05) is 0 Å². The number of ether oxygens (including phenoxy) is 1. The van der Waals surface area contributed by atoms with Crippen molar-refractivity contribution in [2.24, 2.45) is 0 Å². The van der Waals surface area contributed by atoms with Crippen molar-refractivity contribution in [2.45, 2.75) is 13.0 Å². The van der Waals surface area contributed by atoms with E-state index in [0.29, 0.717) is 12.2 Å². The first-order valence-electron chi connectivity index (χ1n) is 4.01. The Morgan fingerprint density at radius 3 is 2.77 bits per heavy atom. The molecule has 13 heavy (non-hydrogen) atoms. The van der Waals surface area contributed by atoms with Crippen molar-refractivity contribution in [2.75, 3.05) is 6.61 Å². The van der Waals surface area contributed by atoms with Crippen LogP contribution in [0, 0.1) is 19.3 Å². The van der Waals surface area contributed by atoms with Crippen LogP contribution in [0.5, 0.6) is 0 Å². The first kappa shape index (κ1) is 8.21. The minimum atomic E-state index is -0.444. The summed E-state index contributed by atoms with van der Waals surface area (Å²) < 4.78 is 18.3. The summed E-state index contributed by atoms with van der Waals surface area (Å²) in [6, 6.07) is 3.20. The summed E-state index contributed by atoms with van der Waals surface area (Å²) in [4.78, 5) is 3.12. The lowest BCUT2D eigenvalue weighted by Crippen LogP contribution is -1.86. The molecule has 0 radical (unpaired) electrons. The largest absolute Gasteiger partial charge is 0.368 e. The van der Waals surface area contributed by atoms with Crippen molar-refractivity contribution in [1.29, 1.82) is 0 Å². The summed E-state index contributed by atoms with van der Waals surface area (Å²) in [5.41, 5.74) is 1.63. The maximum Gasteiger partial charge on any atom is 0.224 e. The maximum atomic E-state index is 13.2. The quantitative estimate of drug-likeness (QED) is 0.476. The van der Waals surface area contributed by atoms with Crippen LogP contribution in [-0.2, 0) is 4.74 Å². The monoisotopic (exact) mass is 177 g/mol. The van der Waals surface area contributed by atoms with Crippen molar-refractivity contribution in [3.63, 3.8) is 0 Å². The molecule has 0 amide bonds. The van der Waals surface area contributed by atoms with E-state index < -0.39 is 5.82 Å². The molecule has 0 aromatic heterocycles. The van der Waals surface area contributed by atoms with Gasteiger partial charge < -0.3 is 4.74 Å². The van der Waals surface area contributed by atoms with Gasteiger partial charge in [-0.25, -0.2) is 9.24 Å². The van der Waals surface area contributed by atoms with E-state index in [1.54, 1.807) is 6.92 Å². The van der Waals surface area contributed by atoms with Gasteiger partial charge in [-0.15, -0.1) is 0 Å². The molecule has 0 spiro atoms. The van der Waals surface area contributed by atoms with Gasteiger partial charge in [0.25, 0.3) is 0 Å². The highest BCUT2D eigenvalue weighted by Crippen LogP contribution is 2.34. The van der Waals surface area contributed by atoms with Gasteiger partial charge in [0.15, 0.2) is 0 Å². The van der Waals surface area contributed by atoms with Gasteiger partial charge in [-0.05, 0) is 24.1 Å². The number of epoxide rings is 1. The van der Waals surface area contributed by atoms with Crippen LogP contribution in [0.3, 0.4) is 0 Å². The van der Waals surface area contributed by atoms with Gasteiger partial charge >= 0.3 is 0 Å². The molecule has 2 nitrogen and oxygen atoms in total. The summed E-state index contributed by atoms with van der Waals surface area (Å²) >= 11 is 0. The fraction of sp³-hybridized carbons (Fsp3) is 0.300. The lowest BCUT2D eigenvalue weighted by Gasteiger charge is -2.02. The number of rotatable bonds is 1. The highest BCUT2D eigenvalue weighted by Gasteiger charge is 2.26. The topological polar surface area (TPSA) is 16.9 Å². The molecular formula is C10H8FNO. The second kappa shape index (κ2) is 2.82. The van der Waals surface area contributed by atoms with Crippen molar-refractivity contribution < 1.29 is 9.13 Å². The Morgan fingerprint density at radius 1 is 1.62 bits per heavy atom. The Bertz CT molecular complexity index is 367. The fourth-order valence-electron chi connectivity index (χ4n) is 1.33. The first-order chi connectivity index (χ1) is 6.22. The fourth-order valence-corrected chi connectivity index (χ4v) is 1.33. The number of aryl methyl sites for hydroxylation is 1. The van der Waals surface area contributed by atoms with E-state index in [0.717, 1.165) is 5.56 Å². The van der Waals surface area contributed by atoms with Gasteiger partial charge in [0.2, 0.25) is 5.69 Å². The van der Waals surface area contributed by atoms with Crippen LogP contribution in [0.15, 0.2) is 12.1 Å². The summed E-state index contributed by atoms with van der Waals surface area (Å²) in [6.07, 6.45) is 0.0491. The van der Waals surface area contributed by atoms with Crippen LogP contribution in [0.4, 0.5) is 10.1 Å². The normalized spacial score (nSPS) is 19.6. The second-order valence-corrected chi connectivity index (χ2v) is 3.10. The second-order valence-electron chi connectivity index (χ2n) is 3.10. The molecule has 0 N–H and O–H groups in total. The van der Waals surface area contributed by atoms with E-state index in [1.807, 2.05) is 6.07 Å². The summed E-state index contributed by atoms with van der Waals surface area (Å²) in [7, 11) is 0. The molecule has 3 heteroatoms. The van der Waals surface area contributed by atoms with E-state index in [4.69, 9.17) is 11.3 Å². The molecule has 0 saturated carbocycles. The molecule has 1 unspecified atom stereocenters. The number of benzene rings is 1. The van der Waals surface area contributed by atoms with Gasteiger partial charge in [0.05, 0.1) is 13.2 Å². The van der Waals surface area contributed by atoms with Crippen molar-refractivity contribution in [3.05, 3.63) is 40.5 Å². The lowest BCUT2D eigenvalue weighted by atomic mass is 10.1. The molecule has 1 saturated heterocycles. The Morgan fingerprint density at radius 2 is 2.31 bits per heavy atom. The van der Waals surface area contributed by atoms with E-state index in [2.05, 4.69) is 4.85 Å². The van der Waals surface area contributed by atoms with E-state index in [-0.39, 0.29) is 11.8 Å². The van der Waals surface area contributed by atoms with Crippen LogP contribution in [-0.4, -0.2) is 6.61 Å². The third kappa shape index (κ3) is 1.41. The molecule has 1 aliphatic heterocycles. The lowest BCUT2D eigenvalue weighted by molar-refractivity contribution is 0.415. The molecule has 1 atom stereocenters. The average Bonchev–Trinajstić information content (AvgIpc) is 2.85. The Labute approximate surface area is 75.8 Å². The van der Waals surface area contributed by atoms with E-state index >= 15 is 0 Å². The zero-order chi connectivity index (χ0) is 9.42. The van der Waals surface area contributed by atoms with E-state index in [9.17, 15) is 4.39 Å². The maximum absolute atomic E-state index is 13.2. The SMILES string of the molecule is [C-]#[N+]c1c(C)cc(C2CO2)cc1F. The average molecular weight is 177 g/mol. The molecule has 1 fully saturated rings. The Kier molecular flexibility index (Phi) is 1.78. The van der Waals surface area contributed by atoms with Crippen LogP contribution in [0.1, 0.15) is 17.2 Å². The Hall–Kier alpha value is -1.40. The molecule has 1 aromatic carbocycles. The molecule has 66 valence electrons. The molecule has 1 heterocycles. The van der Waals surface area contributed by atoms with Crippen LogP contribution in [0.25, 0.3) is 4.85 Å². The molecule has 1 aliphatic rings. The summed E-state index contributed by atoms with van der Waals surface area (Å²) in [6.45, 7) is 9.17. The standard InChI is InChI=1S/C10H8FNO/c1-6-3-7(9-5-13-9)4-8(11)10(6)12-2/h3-4,9H,5H2,1H3. The molecule has 0 bridgehead atoms. The van der Waals surface area contributed by atoms with Crippen molar-refractivity contribution >= 4 is 5.69 Å². The van der Waals surface area contributed by atoms with E-state index in [1.165, 1.54) is 6.07 Å². The first-order valence-corrected chi connectivity index (χ1v) is 4.01. The van der Waals surface area contributed by atoms with Crippen LogP contribution < -0.4 is 0 Å². The third-order valence-electron chi connectivity index (χ3n) is 2.09. The smallest absolute Gasteiger partial charge is 0.224 e. The zero-order valence-corrected chi connectivity index (χ0v) is 7.17. The van der Waals surface area contributed by atoms with Gasteiger partial charge in [0.1, 0.15) is 11.9 Å². The number of nitrogens with zero attached hydrogens (tertiary/aromatic N) is 1. The van der Waals surface area contributed by atoms with Gasteiger partial charge in [-0.3, -0.25) is 0 Å². The zero-order valence-electron chi connectivity index (χ0n) is 7.17. The molecule has 2 rings (SSSR count). The third-order valence-corrected chi connectivity index (χ3v) is 2.09. The minimum absolute atomic E-state index is 0.0491. The van der Waals surface area contributed by atoms with Crippen molar-refractivity contribution in [1.82, 2.24) is 0 Å². The van der Waals surface area contributed by atoms with Crippen molar-refractivity contribution in [3.8, 4) is 0 Å². The predicted molar refractivity (Wildman–Crippen MR) is 46.1 cm³/mol. The van der Waals surface area contributed by atoms with Crippen LogP contribution >= 0.6 is 0 Å². The predicted octanol–water partition coefficient (Wildman–Crippen LogP) is 2.76. The molecule has 0 aliphatic carbocycles. The van der Waals surface area contributed by atoms with Crippen LogP contribution in [0.2, 0.25) is 0 Å². The van der Waals surface area contributed by atoms with Gasteiger partial charge in [-0.1, -0.05) is 6.07 Å². The number of hydrogen-bond donors (Lipinski definition) is 0. The Balaban J connectivity index is 2.50. The van der Waals surface area contributed by atoms with Gasteiger partial charge in [-0.2, -0.15) is 0 Å². The highest BCUT2D eigenvalue weighted by atomic mass is 19.1. The molecule has 1 aromatic rings. The summed E-state index contributed by atoms with van der Waals surface area (Å²) in [5.74, 6) is -0.444. The number of hydrogen-bond acceptors (Lipinski definition) is 1. The highest BCUT2D eigenvalue weighted by molar-refractivity contribution is 5.54. The summed E-state index contributed by atoms with van der Waals surface area (Å²) in [5, 5.41) is 0. The molecular weight excluding hydrogens is 169 g/mol. The number of halogens is 1.